The van der Waals surface area contributed by atoms with Gasteiger partial charge < -0.3 is 20.5 Å². The van der Waals surface area contributed by atoms with Crippen LogP contribution in [-0.2, 0) is 16.1 Å². The molecular formula is C14H20N2O3. The topological polar surface area (TPSA) is 73.6 Å². The van der Waals surface area contributed by atoms with Gasteiger partial charge in [0, 0.05) is 24.4 Å². The quantitative estimate of drug-likeness (QED) is 0.848. The molecule has 3 N–H and O–H groups in total. The third kappa shape index (κ3) is 3.45. The monoisotopic (exact) mass is 264 g/mol. The molecule has 1 amide bonds. The molecule has 0 spiro atoms. The highest BCUT2D eigenvalue weighted by Gasteiger charge is 2.23. The Morgan fingerprint density at radius 3 is 3.05 bits per heavy atom. The van der Waals surface area contributed by atoms with E-state index in [1.807, 2.05) is 25.1 Å². The summed E-state index contributed by atoms with van der Waals surface area (Å²) in [5.74, 6) is 0.671. The van der Waals surface area contributed by atoms with E-state index in [1.165, 1.54) is 0 Å². The summed E-state index contributed by atoms with van der Waals surface area (Å²) >= 11 is 0. The molecule has 2 rings (SSSR count). The first-order valence-corrected chi connectivity index (χ1v) is 6.63. The second kappa shape index (κ2) is 6.54. The molecule has 5 heteroatoms. The maximum absolute atomic E-state index is 11.9. The summed E-state index contributed by atoms with van der Waals surface area (Å²) in [4.78, 5) is 11.9. The van der Waals surface area contributed by atoms with Crippen molar-refractivity contribution >= 4 is 11.6 Å². The lowest BCUT2D eigenvalue weighted by Crippen LogP contribution is -2.26. The van der Waals surface area contributed by atoms with E-state index >= 15 is 0 Å². The molecule has 1 aliphatic rings. The number of amides is 1. The van der Waals surface area contributed by atoms with Crippen molar-refractivity contribution in [1.29, 1.82) is 0 Å². The molecule has 1 fully saturated rings. The third-order valence-electron chi connectivity index (χ3n) is 3.07. The van der Waals surface area contributed by atoms with Gasteiger partial charge in [0.1, 0.15) is 11.9 Å². The van der Waals surface area contributed by atoms with Gasteiger partial charge in [-0.2, -0.15) is 0 Å². The molecule has 1 aliphatic heterocycles. The van der Waals surface area contributed by atoms with Gasteiger partial charge in [-0.15, -0.1) is 0 Å². The summed E-state index contributed by atoms with van der Waals surface area (Å²) in [6.07, 6.45) is 1.40. The number of hydrogen-bond acceptors (Lipinski definition) is 4. The summed E-state index contributed by atoms with van der Waals surface area (Å²) < 4.78 is 10.8. The Kier molecular flexibility index (Phi) is 4.76. The molecule has 1 saturated heterocycles. The van der Waals surface area contributed by atoms with E-state index in [9.17, 15) is 4.79 Å². The minimum absolute atomic E-state index is 0.0929. The van der Waals surface area contributed by atoms with Gasteiger partial charge in [-0.05, 0) is 38.0 Å². The van der Waals surface area contributed by atoms with Crippen LogP contribution >= 0.6 is 0 Å². The van der Waals surface area contributed by atoms with Crippen molar-refractivity contribution in [3.8, 4) is 5.75 Å². The molecule has 0 bridgehead atoms. The van der Waals surface area contributed by atoms with Crippen molar-refractivity contribution in [3.05, 3.63) is 23.8 Å². The van der Waals surface area contributed by atoms with Gasteiger partial charge in [0.05, 0.1) is 6.61 Å². The lowest BCUT2D eigenvalue weighted by atomic mass is 10.1. The van der Waals surface area contributed by atoms with Crippen LogP contribution in [-0.4, -0.2) is 25.2 Å². The van der Waals surface area contributed by atoms with Crippen molar-refractivity contribution < 1.29 is 14.3 Å². The first-order chi connectivity index (χ1) is 9.24. The summed E-state index contributed by atoms with van der Waals surface area (Å²) in [6.45, 7) is 3.55. The molecule has 1 atom stereocenters. The van der Waals surface area contributed by atoms with Crippen molar-refractivity contribution in [2.75, 3.05) is 18.5 Å². The SMILES string of the molecule is CCOc1ccc(NC(=O)C2CCCO2)cc1CN. The Morgan fingerprint density at radius 2 is 2.42 bits per heavy atom. The van der Waals surface area contributed by atoms with Gasteiger partial charge in [-0.1, -0.05) is 0 Å². The molecule has 0 aliphatic carbocycles. The lowest BCUT2D eigenvalue weighted by Gasteiger charge is -2.13. The molecule has 1 aromatic carbocycles. The van der Waals surface area contributed by atoms with Crippen LogP contribution in [0.4, 0.5) is 5.69 Å². The molecule has 104 valence electrons. The molecule has 5 nitrogen and oxygen atoms in total. The van der Waals surface area contributed by atoms with Gasteiger partial charge >= 0.3 is 0 Å². The van der Waals surface area contributed by atoms with Gasteiger partial charge in [-0.3, -0.25) is 4.79 Å². The van der Waals surface area contributed by atoms with E-state index in [1.54, 1.807) is 0 Å². The van der Waals surface area contributed by atoms with Crippen LogP contribution in [0.3, 0.4) is 0 Å². The lowest BCUT2D eigenvalue weighted by molar-refractivity contribution is -0.124. The second-order valence-corrected chi connectivity index (χ2v) is 4.45. The van der Waals surface area contributed by atoms with Crippen molar-refractivity contribution in [3.63, 3.8) is 0 Å². The smallest absolute Gasteiger partial charge is 0.253 e. The fraction of sp³-hybridized carbons (Fsp3) is 0.500. The molecule has 1 aromatic rings. The van der Waals surface area contributed by atoms with Gasteiger partial charge in [-0.25, -0.2) is 0 Å². The van der Waals surface area contributed by atoms with E-state index in [2.05, 4.69) is 5.32 Å². The highest BCUT2D eigenvalue weighted by molar-refractivity contribution is 5.94. The Labute approximate surface area is 113 Å². The van der Waals surface area contributed by atoms with Gasteiger partial charge in [0.25, 0.3) is 5.91 Å². The van der Waals surface area contributed by atoms with Crippen LogP contribution in [0.2, 0.25) is 0 Å². The fourth-order valence-corrected chi connectivity index (χ4v) is 2.12. The average Bonchev–Trinajstić information content (AvgIpc) is 2.94. The van der Waals surface area contributed by atoms with E-state index in [4.69, 9.17) is 15.2 Å². The maximum atomic E-state index is 11.9. The van der Waals surface area contributed by atoms with E-state index in [0.717, 1.165) is 29.8 Å². The standard InChI is InChI=1S/C14H20N2O3/c1-2-18-12-6-5-11(8-10(12)9-15)16-14(17)13-4-3-7-19-13/h5-6,8,13H,2-4,7,9,15H2,1H3,(H,16,17). The Bertz CT molecular complexity index is 442. The number of rotatable bonds is 5. The number of benzene rings is 1. The zero-order valence-electron chi connectivity index (χ0n) is 11.1. The number of anilines is 1. The average molecular weight is 264 g/mol. The maximum Gasteiger partial charge on any atom is 0.253 e. The molecular weight excluding hydrogens is 244 g/mol. The molecule has 0 aromatic heterocycles. The third-order valence-corrected chi connectivity index (χ3v) is 3.07. The number of ether oxygens (including phenoxy) is 2. The molecule has 19 heavy (non-hydrogen) atoms. The number of carbonyl (C=O) groups is 1. The molecule has 1 unspecified atom stereocenters. The van der Waals surface area contributed by atoms with Crippen LogP contribution in [0.5, 0.6) is 5.75 Å². The van der Waals surface area contributed by atoms with E-state index in [-0.39, 0.29) is 12.0 Å². The fourth-order valence-electron chi connectivity index (χ4n) is 2.12. The van der Waals surface area contributed by atoms with Crippen LogP contribution in [0.25, 0.3) is 0 Å². The molecule has 1 heterocycles. The van der Waals surface area contributed by atoms with E-state index in [0.29, 0.717) is 19.8 Å². The Hall–Kier alpha value is -1.59. The highest BCUT2D eigenvalue weighted by atomic mass is 16.5. The number of nitrogens with two attached hydrogens (primary N) is 1. The summed E-state index contributed by atoms with van der Waals surface area (Å²) in [7, 11) is 0. The van der Waals surface area contributed by atoms with E-state index < -0.39 is 0 Å². The van der Waals surface area contributed by atoms with Crippen LogP contribution < -0.4 is 15.8 Å². The Balaban J connectivity index is 2.05. The predicted octanol–water partition coefficient (Wildman–Crippen LogP) is 1.66. The van der Waals surface area contributed by atoms with Crippen molar-refractivity contribution in [2.45, 2.75) is 32.4 Å². The minimum Gasteiger partial charge on any atom is -0.494 e. The first kappa shape index (κ1) is 13.8. The van der Waals surface area contributed by atoms with Crippen LogP contribution in [0.1, 0.15) is 25.3 Å². The summed E-state index contributed by atoms with van der Waals surface area (Å²) in [5, 5.41) is 2.85. The van der Waals surface area contributed by atoms with Gasteiger partial charge in [0.2, 0.25) is 0 Å². The Morgan fingerprint density at radius 1 is 1.58 bits per heavy atom. The van der Waals surface area contributed by atoms with Crippen LogP contribution in [0.15, 0.2) is 18.2 Å². The van der Waals surface area contributed by atoms with Crippen molar-refractivity contribution in [2.24, 2.45) is 5.73 Å². The largest absolute Gasteiger partial charge is 0.494 e. The number of nitrogens with one attached hydrogen (secondary N) is 1. The highest BCUT2D eigenvalue weighted by Crippen LogP contribution is 2.23. The normalized spacial score (nSPS) is 18.3. The number of carbonyl (C=O) groups excluding carboxylic acids is 1. The second-order valence-electron chi connectivity index (χ2n) is 4.45. The zero-order chi connectivity index (χ0) is 13.7. The zero-order valence-corrected chi connectivity index (χ0v) is 11.1. The first-order valence-electron chi connectivity index (χ1n) is 6.63. The minimum atomic E-state index is -0.326. The molecule has 0 saturated carbocycles. The van der Waals surface area contributed by atoms with Gasteiger partial charge in [0.15, 0.2) is 0 Å². The van der Waals surface area contributed by atoms with Crippen LogP contribution in [0, 0.1) is 0 Å². The molecule has 0 radical (unpaired) electrons. The predicted molar refractivity (Wildman–Crippen MR) is 73.1 cm³/mol. The van der Waals surface area contributed by atoms with Crippen molar-refractivity contribution in [1.82, 2.24) is 0 Å². The summed E-state index contributed by atoms with van der Waals surface area (Å²) in [5.41, 5.74) is 7.29. The number of hydrogen-bond donors (Lipinski definition) is 2. The summed E-state index contributed by atoms with van der Waals surface area (Å²) in [6, 6.07) is 5.49.